The molecule has 0 aliphatic carbocycles. The van der Waals surface area contributed by atoms with E-state index in [0.717, 1.165) is 23.3 Å². The van der Waals surface area contributed by atoms with Crippen LogP contribution in [0.2, 0.25) is 0 Å². The van der Waals surface area contributed by atoms with E-state index < -0.39 is 13.0 Å². The van der Waals surface area contributed by atoms with E-state index in [-0.39, 0.29) is 6.61 Å². The van der Waals surface area contributed by atoms with E-state index in [9.17, 15) is 9.18 Å². The number of carbonyl (C=O) groups is 1. The Morgan fingerprint density at radius 3 is 2.58 bits per heavy atom. The molecule has 5 nitrogen and oxygen atoms in total. The molecule has 1 amide bonds. The van der Waals surface area contributed by atoms with Crippen molar-refractivity contribution in [2.75, 3.05) is 19.3 Å². The molecule has 0 heterocycles. The third-order valence-electron chi connectivity index (χ3n) is 4.16. The number of rotatable bonds is 7. The van der Waals surface area contributed by atoms with Crippen LogP contribution >= 0.6 is 0 Å². The van der Waals surface area contributed by atoms with Crippen molar-refractivity contribution >= 4 is 11.8 Å². The van der Waals surface area contributed by atoms with Crippen LogP contribution in [0.1, 0.15) is 29.2 Å². The summed E-state index contributed by atoms with van der Waals surface area (Å²) in [6, 6.07) is 9.29. The van der Waals surface area contributed by atoms with Crippen molar-refractivity contribution in [2.24, 2.45) is 0 Å². The highest BCUT2D eigenvalue weighted by atomic mass is 19.1. The predicted octanol–water partition coefficient (Wildman–Crippen LogP) is 4.93. The van der Waals surface area contributed by atoms with Crippen molar-refractivity contribution in [3.63, 3.8) is 0 Å². The molecule has 0 aliphatic heterocycles. The van der Waals surface area contributed by atoms with Crippen LogP contribution in [-0.4, -0.2) is 20.1 Å². The first-order valence-corrected chi connectivity index (χ1v) is 8.38. The van der Waals surface area contributed by atoms with E-state index in [0.29, 0.717) is 17.0 Å². The molecule has 0 saturated heterocycles. The zero-order chi connectivity index (χ0) is 19.1. The fourth-order valence-corrected chi connectivity index (χ4v) is 2.75. The van der Waals surface area contributed by atoms with Gasteiger partial charge in [-0.15, -0.1) is 0 Å². The summed E-state index contributed by atoms with van der Waals surface area (Å²) in [6.45, 7) is 5.15. The lowest BCUT2D eigenvalue weighted by atomic mass is 10.0. The molecule has 1 N–H and O–H groups in total. The second kappa shape index (κ2) is 9.08. The number of benzene rings is 2. The van der Waals surface area contributed by atoms with Crippen LogP contribution in [0.5, 0.6) is 11.5 Å². The molecule has 0 saturated carbocycles. The minimum Gasteiger partial charge on any atom is -0.496 e. The minimum atomic E-state index is -1.19. The summed E-state index contributed by atoms with van der Waals surface area (Å²) >= 11 is 0. The Hall–Kier alpha value is -2.76. The van der Waals surface area contributed by atoms with Gasteiger partial charge in [-0.1, -0.05) is 19.1 Å². The van der Waals surface area contributed by atoms with Gasteiger partial charge in [-0.2, -0.15) is 0 Å². The zero-order valence-electron chi connectivity index (χ0n) is 15.5. The van der Waals surface area contributed by atoms with Gasteiger partial charge in [0.05, 0.1) is 18.4 Å². The van der Waals surface area contributed by atoms with Crippen molar-refractivity contribution in [2.45, 2.75) is 33.8 Å². The number of carbonyl (C=O) groups excluding carboxylic acids is 1. The number of hydrogen-bond acceptors (Lipinski definition) is 4. The Labute approximate surface area is 153 Å². The van der Waals surface area contributed by atoms with E-state index in [1.54, 1.807) is 18.2 Å². The summed E-state index contributed by atoms with van der Waals surface area (Å²) in [5, 5.41) is 2.51. The highest BCUT2D eigenvalue weighted by molar-refractivity contribution is 5.86. The molecule has 0 fully saturated rings. The van der Waals surface area contributed by atoms with Gasteiger partial charge in [0.2, 0.25) is 6.86 Å². The summed E-state index contributed by atoms with van der Waals surface area (Å²) in [5.41, 5.74) is 4.57. The number of aryl methyl sites for hydroxylation is 3. The summed E-state index contributed by atoms with van der Waals surface area (Å²) < 4.78 is 27.8. The van der Waals surface area contributed by atoms with Crippen molar-refractivity contribution in [1.29, 1.82) is 0 Å². The van der Waals surface area contributed by atoms with Crippen molar-refractivity contribution < 1.29 is 23.4 Å². The largest absolute Gasteiger partial charge is 0.496 e. The lowest BCUT2D eigenvalue weighted by Crippen LogP contribution is -2.15. The van der Waals surface area contributed by atoms with E-state index in [1.165, 1.54) is 12.7 Å². The van der Waals surface area contributed by atoms with Gasteiger partial charge < -0.3 is 14.2 Å². The van der Waals surface area contributed by atoms with Gasteiger partial charge in [-0.05, 0) is 55.2 Å². The Morgan fingerprint density at radius 1 is 1.15 bits per heavy atom. The number of hydrogen-bond donors (Lipinski definition) is 1. The van der Waals surface area contributed by atoms with Gasteiger partial charge in [-0.3, -0.25) is 5.32 Å². The van der Waals surface area contributed by atoms with E-state index in [1.807, 2.05) is 19.9 Å². The molecule has 0 spiro atoms. The van der Waals surface area contributed by atoms with Crippen LogP contribution in [0.15, 0.2) is 30.3 Å². The molecule has 0 atom stereocenters. The van der Waals surface area contributed by atoms with Gasteiger partial charge in [0.25, 0.3) is 0 Å². The molecular weight excluding hydrogens is 337 g/mol. The normalized spacial score (nSPS) is 10.3. The predicted molar refractivity (Wildman–Crippen MR) is 98.7 cm³/mol. The summed E-state index contributed by atoms with van der Waals surface area (Å²) in [5.74, 6) is 1.32. The summed E-state index contributed by atoms with van der Waals surface area (Å²) in [4.78, 5) is 11.6. The maximum absolute atomic E-state index is 12.2. The molecule has 2 rings (SSSR count). The van der Waals surface area contributed by atoms with Crippen LogP contribution < -0.4 is 14.8 Å². The first-order chi connectivity index (χ1) is 12.5. The van der Waals surface area contributed by atoms with E-state index >= 15 is 0 Å². The number of anilines is 1. The Kier molecular flexibility index (Phi) is 6.83. The van der Waals surface area contributed by atoms with Crippen molar-refractivity contribution in [3.8, 4) is 11.5 Å². The Balaban J connectivity index is 2.25. The quantitative estimate of drug-likeness (QED) is 0.760. The standard InChI is InChI=1S/C20H24FNO4/c1-5-15-9-14(3)19(10-13(15)2)25-11-16-17(22-20(23)26-12-21)7-6-8-18(16)24-4/h6-10H,5,11-12H2,1-4H3,(H,22,23). The molecule has 26 heavy (non-hydrogen) atoms. The molecule has 2 aromatic carbocycles. The molecule has 0 aromatic heterocycles. The maximum Gasteiger partial charge on any atom is 0.413 e. The molecule has 0 bridgehead atoms. The van der Waals surface area contributed by atoms with Crippen LogP contribution in [-0.2, 0) is 17.8 Å². The van der Waals surface area contributed by atoms with Crippen molar-refractivity contribution in [3.05, 3.63) is 52.6 Å². The van der Waals surface area contributed by atoms with Crippen molar-refractivity contribution in [1.82, 2.24) is 0 Å². The first-order valence-electron chi connectivity index (χ1n) is 8.38. The maximum atomic E-state index is 12.2. The summed E-state index contributed by atoms with van der Waals surface area (Å²) in [7, 11) is 1.54. The fourth-order valence-electron chi connectivity index (χ4n) is 2.75. The molecule has 2 aromatic rings. The number of methoxy groups -OCH3 is 1. The number of nitrogens with one attached hydrogen (secondary N) is 1. The zero-order valence-corrected chi connectivity index (χ0v) is 15.5. The SMILES string of the molecule is CCc1cc(C)c(OCc2c(NC(=O)OCF)cccc2OC)cc1C. The minimum absolute atomic E-state index is 0.182. The Morgan fingerprint density at radius 2 is 1.92 bits per heavy atom. The third kappa shape index (κ3) is 4.65. The number of amides is 1. The molecule has 0 radical (unpaired) electrons. The average molecular weight is 361 g/mol. The smallest absolute Gasteiger partial charge is 0.413 e. The number of halogens is 1. The summed E-state index contributed by atoms with van der Waals surface area (Å²) in [6.07, 6.45) is 0.0887. The molecule has 6 heteroatoms. The van der Waals surface area contributed by atoms with E-state index in [4.69, 9.17) is 9.47 Å². The van der Waals surface area contributed by atoms with Crippen LogP contribution in [0.3, 0.4) is 0 Å². The second-order valence-electron chi connectivity index (χ2n) is 5.84. The van der Waals surface area contributed by atoms with Gasteiger partial charge in [0.15, 0.2) is 0 Å². The average Bonchev–Trinajstić information content (AvgIpc) is 2.62. The monoisotopic (exact) mass is 361 g/mol. The lowest BCUT2D eigenvalue weighted by Gasteiger charge is -2.17. The lowest BCUT2D eigenvalue weighted by molar-refractivity contribution is 0.111. The van der Waals surface area contributed by atoms with Gasteiger partial charge in [-0.25, -0.2) is 9.18 Å². The fraction of sp³-hybridized carbons (Fsp3) is 0.350. The van der Waals surface area contributed by atoms with Gasteiger partial charge in [0, 0.05) is 0 Å². The molecular formula is C20H24FNO4. The highest BCUT2D eigenvalue weighted by Gasteiger charge is 2.14. The van der Waals surface area contributed by atoms with E-state index in [2.05, 4.69) is 23.0 Å². The van der Waals surface area contributed by atoms with Gasteiger partial charge in [0.1, 0.15) is 18.1 Å². The number of alkyl halides is 1. The first kappa shape index (κ1) is 19.6. The third-order valence-corrected chi connectivity index (χ3v) is 4.16. The molecule has 140 valence electrons. The number of ether oxygens (including phenoxy) is 3. The van der Waals surface area contributed by atoms with Gasteiger partial charge >= 0.3 is 6.09 Å². The second-order valence-corrected chi connectivity index (χ2v) is 5.84. The highest BCUT2D eigenvalue weighted by Crippen LogP contribution is 2.30. The van der Waals surface area contributed by atoms with Crippen LogP contribution in [0.4, 0.5) is 14.9 Å². The van der Waals surface area contributed by atoms with Crippen LogP contribution in [0.25, 0.3) is 0 Å². The molecule has 0 aliphatic rings. The Bertz CT molecular complexity index is 777. The van der Waals surface area contributed by atoms with Crippen LogP contribution in [0, 0.1) is 13.8 Å². The molecule has 0 unspecified atom stereocenters. The topological polar surface area (TPSA) is 56.8 Å².